The third-order valence-electron chi connectivity index (χ3n) is 2.77. The molecule has 2 aromatic carbocycles. The van der Waals surface area contributed by atoms with Crippen molar-refractivity contribution in [2.75, 3.05) is 5.32 Å². The Balaban J connectivity index is 2.09. The lowest BCUT2D eigenvalue weighted by Crippen LogP contribution is -2.06. The van der Waals surface area contributed by atoms with Gasteiger partial charge in [-0.05, 0) is 48.9 Å². The first kappa shape index (κ1) is 12.1. The number of benzene rings is 2. The van der Waals surface area contributed by atoms with Gasteiger partial charge in [0, 0.05) is 11.7 Å². The maximum atomic E-state index is 12.8. The van der Waals surface area contributed by atoms with E-state index in [1.54, 1.807) is 24.3 Å². The van der Waals surface area contributed by atoms with Crippen LogP contribution >= 0.6 is 0 Å². The highest BCUT2D eigenvalue weighted by molar-refractivity contribution is 5.45. The van der Waals surface area contributed by atoms with Gasteiger partial charge >= 0.3 is 0 Å². The standard InChI is InChI=1S/C15H13FN2/c1-11(13-4-2-12(10-17)3-5-13)18-15-8-6-14(16)7-9-15/h2-9,11,18H,1H3. The molecule has 0 saturated heterocycles. The molecule has 2 rings (SSSR count). The molecule has 0 aliphatic carbocycles. The molecule has 0 radical (unpaired) electrons. The number of anilines is 1. The first-order valence-electron chi connectivity index (χ1n) is 5.71. The van der Waals surface area contributed by atoms with E-state index in [2.05, 4.69) is 11.4 Å². The van der Waals surface area contributed by atoms with Gasteiger partial charge in [0.2, 0.25) is 0 Å². The molecule has 1 N–H and O–H groups in total. The van der Waals surface area contributed by atoms with Crippen LogP contribution in [-0.4, -0.2) is 0 Å². The van der Waals surface area contributed by atoms with E-state index in [1.165, 1.54) is 12.1 Å². The number of hydrogen-bond acceptors (Lipinski definition) is 2. The molecular formula is C15H13FN2. The molecule has 0 fully saturated rings. The summed E-state index contributed by atoms with van der Waals surface area (Å²) < 4.78 is 12.8. The fraction of sp³-hybridized carbons (Fsp3) is 0.133. The van der Waals surface area contributed by atoms with E-state index in [1.807, 2.05) is 19.1 Å². The van der Waals surface area contributed by atoms with Crippen molar-refractivity contribution in [3.05, 3.63) is 65.5 Å². The summed E-state index contributed by atoms with van der Waals surface area (Å²) in [5.74, 6) is -0.244. The molecular weight excluding hydrogens is 227 g/mol. The van der Waals surface area contributed by atoms with Crippen molar-refractivity contribution in [1.82, 2.24) is 0 Å². The molecule has 0 aliphatic heterocycles. The summed E-state index contributed by atoms with van der Waals surface area (Å²) in [7, 11) is 0. The Kier molecular flexibility index (Phi) is 3.59. The zero-order chi connectivity index (χ0) is 13.0. The number of nitrogens with one attached hydrogen (secondary N) is 1. The fourth-order valence-corrected chi connectivity index (χ4v) is 1.73. The monoisotopic (exact) mass is 240 g/mol. The number of nitrogens with zero attached hydrogens (tertiary/aromatic N) is 1. The van der Waals surface area contributed by atoms with Gasteiger partial charge in [-0.25, -0.2) is 4.39 Å². The van der Waals surface area contributed by atoms with Crippen molar-refractivity contribution < 1.29 is 4.39 Å². The topological polar surface area (TPSA) is 35.8 Å². The van der Waals surface area contributed by atoms with Crippen LogP contribution < -0.4 is 5.32 Å². The minimum absolute atomic E-state index is 0.100. The van der Waals surface area contributed by atoms with Gasteiger partial charge in [0.15, 0.2) is 0 Å². The average Bonchev–Trinajstić information content (AvgIpc) is 2.41. The lowest BCUT2D eigenvalue weighted by Gasteiger charge is -2.15. The molecule has 0 heterocycles. The Morgan fingerprint density at radius 3 is 2.22 bits per heavy atom. The van der Waals surface area contributed by atoms with Gasteiger partial charge in [-0.3, -0.25) is 0 Å². The molecule has 0 aromatic heterocycles. The smallest absolute Gasteiger partial charge is 0.123 e. The number of halogens is 1. The molecule has 2 nitrogen and oxygen atoms in total. The highest BCUT2D eigenvalue weighted by Crippen LogP contribution is 2.19. The van der Waals surface area contributed by atoms with Crippen LogP contribution in [0.15, 0.2) is 48.5 Å². The predicted molar refractivity (Wildman–Crippen MR) is 69.6 cm³/mol. The molecule has 0 aliphatic rings. The fourth-order valence-electron chi connectivity index (χ4n) is 1.73. The molecule has 2 aromatic rings. The molecule has 0 bridgehead atoms. The summed E-state index contributed by atoms with van der Waals surface area (Å²) in [6.45, 7) is 2.02. The lowest BCUT2D eigenvalue weighted by atomic mass is 10.1. The van der Waals surface area contributed by atoms with Crippen molar-refractivity contribution in [1.29, 1.82) is 5.26 Å². The van der Waals surface area contributed by atoms with E-state index in [0.717, 1.165) is 11.3 Å². The van der Waals surface area contributed by atoms with Gasteiger partial charge in [-0.1, -0.05) is 12.1 Å². The molecule has 3 heteroatoms. The zero-order valence-electron chi connectivity index (χ0n) is 10.0. The number of rotatable bonds is 3. The SMILES string of the molecule is CC(Nc1ccc(F)cc1)c1ccc(C#N)cc1. The van der Waals surface area contributed by atoms with Crippen LogP contribution in [0, 0.1) is 17.1 Å². The summed E-state index contributed by atoms with van der Waals surface area (Å²) in [6.07, 6.45) is 0. The second-order valence-electron chi connectivity index (χ2n) is 4.11. The Morgan fingerprint density at radius 2 is 1.67 bits per heavy atom. The maximum absolute atomic E-state index is 12.8. The highest BCUT2D eigenvalue weighted by atomic mass is 19.1. The Labute approximate surface area is 106 Å². The first-order valence-corrected chi connectivity index (χ1v) is 5.71. The summed E-state index contributed by atoms with van der Waals surface area (Å²) in [6, 6.07) is 15.9. The maximum Gasteiger partial charge on any atom is 0.123 e. The lowest BCUT2D eigenvalue weighted by molar-refractivity contribution is 0.628. The second kappa shape index (κ2) is 5.33. The summed E-state index contributed by atoms with van der Waals surface area (Å²) >= 11 is 0. The molecule has 0 spiro atoms. The van der Waals surface area contributed by atoms with Gasteiger partial charge in [-0.15, -0.1) is 0 Å². The van der Waals surface area contributed by atoms with Crippen LogP contribution in [0.3, 0.4) is 0 Å². The van der Waals surface area contributed by atoms with E-state index in [4.69, 9.17) is 5.26 Å². The van der Waals surface area contributed by atoms with E-state index in [0.29, 0.717) is 5.56 Å². The van der Waals surface area contributed by atoms with E-state index >= 15 is 0 Å². The minimum Gasteiger partial charge on any atom is -0.379 e. The molecule has 0 amide bonds. The normalized spacial score (nSPS) is 11.6. The van der Waals surface area contributed by atoms with Gasteiger partial charge in [-0.2, -0.15) is 5.26 Å². The van der Waals surface area contributed by atoms with Crippen LogP contribution in [-0.2, 0) is 0 Å². The summed E-state index contributed by atoms with van der Waals surface area (Å²) in [4.78, 5) is 0. The Morgan fingerprint density at radius 1 is 1.06 bits per heavy atom. The molecule has 18 heavy (non-hydrogen) atoms. The van der Waals surface area contributed by atoms with Crippen LogP contribution in [0.4, 0.5) is 10.1 Å². The number of nitriles is 1. The van der Waals surface area contributed by atoms with Gasteiger partial charge in [0.1, 0.15) is 5.82 Å². The average molecular weight is 240 g/mol. The Bertz CT molecular complexity index is 553. The molecule has 1 unspecified atom stereocenters. The van der Waals surface area contributed by atoms with Gasteiger partial charge in [0.05, 0.1) is 11.6 Å². The first-order chi connectivity index (χ1) is 8.69. The second-order valence-corrected chi connectivity index (χ2v) is 4.11. The van der Waals surface area contributed by atoms with Crippen molar-refractivity contribution >= 4 is 5.69 Å². The van der Waals surface area contributed by atoms with Crippen LogP contribution in [0.5, 0.6) is 0 Å². The van der Waals surface area contributed by atoms with E-state index < -0.39 is 0 Å². The van der Waals surface area contributed by atoms with Crippen molar-refractivity contribution in [2.45, 2.75) is 13.0 Å². The molecule has 90 valence electrons. The third-order valence-corrected chi connectivity index (χ3v) is 2.77. The quantitative estimate of drug-likeness (QED) is 0.884. The van der Waals surface area contributed by atoms with Crippen molar-refractivity contribution in [2.24, 2.45) is 0 Å². The largest absolute Gasteiger partial charge is 0.379 e. The summed E-state index contributed by atoms with van der Waals surface area (Å²) in [5, 5.41) is 12.0. The highest BCUT2D eigenvalue weighted by Gasteiger charge is 2.05. The van der Waals surface area contributed by atoms with Crippen LogP contribution in [0.25, 0.3) is 0 Å². The van der Waals surface area contributed by atoms with E-state index in [-0.39, 0.29) is 11.9 Å². The predicted octanol–water partition coefficient (Wildman–Crippen LogP) is 3.87. The third kappa shape index (κ3) is 2.86. The van der Waals surface area contributed by atoms with Crippen molar-refractivity contribution in [3.8, 4) is 6.07 Å². The van der Waals surface area contributed by atoms with Gasteiger partial charge in [0.25, 0.3) is 0 Å². The minimum atomic E-state index is -0.244. The summed E-state index contributed by atoms with van der Waals surface area (Å²) in [5.41, 5.74) is 2.60. The number of hydrogen-bond donors (Lipinski definition) is 1. The van der Waals surface area contributed by atoms with Crippen LogP contribution in [0.1, 0.15) is 24.1 Å². The molecule has 1 atom stereocenters. The van der Waals surface area contributed by atoms with Gasteiger partial charge < -0.3 is 5.32 Å². The van der Waals surface area contributed by atoms with Crippen molar-refractivity contribution in [3.63, 3.8) is 0 Å². The van der Waals surface area contributed by atoms with Crippen LogP contribution in [0.2, 0.25) is 0 Å². The molecule has 0 saturated carbocycles. The Hall–Kier alpha value is -2.34. The zero-order valence-corrected chi connectivity index (χ0v) is 10.0. The van der Waals surface area contributed by atoms with E-state index in [9.17, 15) is 4.39 Å².